The number of rotatable bonds is 7. The summed E-state index contributed by atoms with van der Waals surface area (Å²) >= 11 is 0. The number of methoxy groups -OCH3 is 1. The molecule has 0 spiro atoms. The number of fused-ring (bicyclic) bond motifs is 1. The molecule has 2 aromatic rings. The van der Waals surface area contributed by atoms with Gasteiger partial charge in [-0.2, -0.15) is 5.10 Å². The van der Waals surface area contributed by atoms with E-state index in [1.807, 2.05) is 41.8 Å². The van der Waals surface area contributed by atoms with E-state index in [9.17, 15) is 9.90 Å². The van der Waals surface area contributed by atoms with E-state index in [1.165, 1.54) is 5.56 Å². The summed E-state index contributed by atoms with van der Waals surface area (Å²) in [6.45, 7) is 8.64. The lowest BCUT2D eigenvalue weighted by Crippen LogP contribution is -2.40. The average Bonchev–Trinajstić information content (AvgIpc) is 3.42. The maximum absolute atomic E-state index is 12.4. The van der Waals surface area contributed by atoms with Crippen molar-refractivity contribution in [2.24, 2.45) is 17.3 Å². The second-order valence-corrected chi connectivity index (χ2v) is 9.11. The molecule has 1 aromatic heterocycles. The Balaban J connectivity index is 1.45. The van der Waals surface area contributed by atoms with E-state index in [1.54, 1.807) is 13.3 Å². The Hall–Kier alpha value is -2.38. The summed E-state index contributed by atoms with van der Waals surface area (Å²) in [6, 6.07) is 8.24. The van der Waals surface area contributed by atoms with Gasteiger partial charge in [-0.25, -0.2) is 0 Å². The van der Waals surface area contributed by atoms with Crippen molar-refractivity contribution in [2.75, 3.05) is 39.9 Å². The normalized spacial score (nSPS) is 23.9. The van der Waals surface area contributed by atoms with E-state index in [2.05, 4.69) is 22.1 Å². The minimum absolute atomic E-state index is 0.00294. The Morgan fingerprint density at radius 1 is 1.30 bits per heavy atom. The number of aliphatic hydroxyl groups excluding tert-OH is 1. The predicted molar refractivity (Wildman–Crippen MR) is 114 cm³/mol. The number of hydrogen-bond acceptors (Lipinski definition) is 5. The molecule has 162 valence electrons. The highest BCUT2D eigenvalue weighted by molar-refractivity contribution is 5.78. The number of carbonyl (C=O) groups is 1. The van der Waals surface area contributed by atoms with Gasteiger partial charge in [-0.3, -0.25) is 14.4 Å². The molecule has 3 heterocycles. The quantitative estimate of drug-likeness (QED) is 0.752. The summed E-state index contributed by atoms with van der Waals surface area (Å²) in [5, 5.41) is 14.5. The first-order chi connectivity index (χ1) is 14.4. The minimum atomic E-state index is -0.199. The van der Waals surface area contributed by atoms with E-state index >= 15 is 0 Å². The van der Waals surface area contributed by atoms with Crippen molar-refractivity contribution in [3.8, 4) is 5.75 Å². The highest BCUT2D eigenvalue weighted by Gasteiger charge is 2.53. The molecule has 1 amide bonds. The Labute approximate surface area is 178 Å². The Bertz CT molecular complexity index is 883. The molecule has 30 heavy (non-hydrogen) atoms. The van der Waals surface area contributed by atoms with Crippen LogP contribution in [-0.4, -0.2) is 70.5 Å². The molecule has 7 nitrogen and oxygen atoms in total. The molecule has 2 saturated heterocycles. The van der Waals surface area contributed by atoms with E-state index in [-0.39, 0.29) is 23.8 Å². The van der Waals surface area contributed by atoms with Crippen LogP contribution in [0.3, 0.4) is 0 Å². The van der Waals surface area contributed by atoms with Crippen LogP contribution in [0.25, 0.3) is 0 Å². The molecule has 1 aromatic carbocycles. The average molecular weight is 413 g/mol. The molecule has 2 aliphatic rings. The van der Waals surface area contributed by atoms with E-state index < -0.39 is 0 Å². The molecule has 0 aliphatic carbocycles. The molecule has 2 aliphatic heterocycles. The highest BCUT2D eigenvalue weighted by atomic mass is 16.5. The van der Waals surface area contributed by atoms with Gasteiger partial charge in [-0.15, -0.1) is 0 Å². The van der Waals surface area contributed by atoms with Crippen LogP contribution in [0.1, 0.15) is 25.0 Å². The fourth-order valence-corrected chi connectivity index (χ4v) is 5.05. The summed E-state index contributed by atoms with van der Waals surface area (Å²) in [7, 11) is 1.69. The maximum Gasteiger partial charge on any atom is 0.225 e. The summed E-state index contributed by atoms with van der Waals surface area (Å²) in [4.78, 5) is 16.8. The fourth-order valence-electron chi connectivity index (χ4n) is 5.05. The molecular weight excluding hydrogens is 380 g/mol. The lowest BCUT2D eigenvalue weighted by atomic mass is 9.82. The zero-order valence-corrected chi connectivity index (χ0v) is 18.1. The number of amides is 1. The third kappa shape index (κ3) is 3.96. The zero-order chi connectivity index (χ0) is 21.3. The van der Waals surface area contributed by atoms with Crippen molar-refractivity contribution in [1.29, 1.82) is 0 Å². The van der Waals surface area contributed by atoms with E-state index in [0.717, 1.165) is 37.5 Å². The summed E-state index contributed by atoms with van der Waals surface area (Å²) in [5.41, 5.74) is 2.12. The molecular formula is C23H32N4O3. The van der Waals surface area contributed by atoms with Crippen LogP contribution in [0, 0.1) is 17.3 Å². The molecule has 2 atom stereocenters. The molecule has 0 bridgehead atoms. The summed E-state index contributed by atoms with van der Waals surface area (Å²) < 4.78 is 7.43. The number of hydrogen-bond donors (Lipinski definition) is 1. The molecule has 0 radical (unpaired) electrons. The monoisotopic (exact) mass is 412 g/mol. The van der Waals surface area contributed by atoms with Gasteiger partial charge >= 0.3 is 0 Å². The maximum atomic E-state index is 12.4. The first-order valence-electron chi connectivity index (χ1n) is 10.7. The van der Waals surface area contributed by atoms with Crippen molar-refractivity contribution in [1.82, 2.24) is 19.6 Å². The van der Waals surface area contributed by atoms with Crippen molar-refractivity contribution < 1.29 is 14.6 Å². The summed E-state index contributed by atoms with van der Waals surface area (Å²) in [5.74, 6) is 1.39. The van der Waals surface area contributed by atoms with Crippen LogP contribution in [-0.2, 0) is 17.9 Å². The lowest BCUT2D eigenvalue weighted by molar-refractivity contribution is -0.134. The van der Waals surface area contributed by atoms with Crippen LogP contribution in [0.4, 0.5) is 0 Å². The Morgan fingerprint density at radius 3 is 2.77 bits per heavy atom. The van der Waals surface area contributed by atoms with Gasteiger partial charge in [0.05, 0.1) is 20.3 Å². The van der Waals surface area contributed by atoms with Crippen molar-refractivity contribution in [3.05, 3.63) is 47.8 Å². The third-order valence-corrected chi connectivity index (χ3v) is 6.59. The van der Waals surface area contributed by atoms with Gasteiger partial charge in [0.2, 0.25) is 5.91 Å². The second-order valence-electron chi connectivity index (χ2n) is 9.11. The number of carbonyl (C=O) groups excluding carboxylic acids is 1. The van der Waals surface area contributed by atoms with Gasteiger partial charge in [0.15, 0.2) is 0 Å². The smallest absolute Gasteiger partial charge is 0.225 e. The van der Waals surface area contributed by atoms with Gasteiger partial charge in [0.1, 0.15) is 5.75 Å². The first kappa shape index (κ1) is 20.9. The van der Waals surface area contributed by atoms with Crippen molar-refractivity contribution in [2.45, 2.75) is 26.9 Å². The SMILES string of the molecule is COc1ccc(CN2C[C@H]3CN(C(=O)C(C)C)C[C@@]3(CO)C2)cc1Cn1cccn1. The van der Waals surface area contributed by atoms with Gasteiger partial charge in [-0.05, 0) is 29.7 Å². The number of likely N-dealkylation sites (tertiary alicyclic amines) is 2. The van der Waals surface area contributed by atoms with Gasteiger partial charge < -0.3 is 14.7 Å². The predicted octanol–water partition coefficient (Wildman–Crippen LogP) is 1.85. The van der Waals surface area contributed by atoms with E-state index in [0.29, 0.717) is 19.0 Å². The van der Waals surface area contributed by atoms with Gasteiger partial charge in [0.25, 0.3) is 0 Å². The molecule has 4 rings (SSSR count). The largest absolute Gasteiger partial charge is 0.496 e. The molecule has 7 heteroatoms. The number of ether oxygens (including phenoxy) is 1. The third-order valence-electron chi connectivity index (χ3n) is 6.59. The molecule has 0 saturated carbocycles. The fraction of sp³-hybridized carbons (Fsp3) is 0.565. The first-order valence-corrected chi connectivity index (χ1v) is 10.7. The molecule has 0 unspecified atom stereocenters. The van der Waals surface area contributed by atoms with Crippen LogP contribution in [0.5, 0.6) is 5.75 Å². The minimum Gasteiger partial charge on any atom is -0.496 e. The molecule has 1 N–H and O–H groups in total. The lowest BCUT2D eigenvalue weighted by Gasteiger charge is -2.28. The van der Waals surface area contributed by atoms with Crippen LogP contribution in [0.15, 0.2) is 36.7 Å². The summed E-state index contributed by atoms with van der Waals surface area (Å²) in [6.07, 6.45) is 3.73. The topological polar surface area (TPSA) is 70.8 Å². The zero-order valence-electron chi connectivity index (χ0n) is 18.1. The van der Waals surface area contributed by atoms with Crippen LogP contribution in [0.2, 0.25) is 0 Å². The number of aromatic nitrogens is 2. The van der Waals surface area contributed by atoms with Gasteiger partial charge in [-0.1, -0.05) is 19.9 Å². The van der Waals surface area contributed by atoms with Crippen LogP contribution >= 0.6 is 0 Å². The number of aliphatic hydroxyl groups is 1. The van der Waals surface area contributed by atoms with E-state index in [4.69, 9.17) is 4.74 Å². The Kier molecular flexibility index (Phi) is 5.84. The number of nitrogens with zero attached hydrogens (tertiary/aromatic N) is 4. The Morgan fingerprint density at radius 2 is 2.13 bits per heavy atom. The van der Waals surface area contributed by atoms with Crippen molar-refractivity contribution >= 4 is 5.91 Å². The highest BCUT2D eigenvalue weighted by Crippen LogP contribution is 2.43. The van der Waals surface area contributed by atoms with Crippen molar-refractivity contribution in [3.63, 3.8) is 0 Å². The second kappa shape index (κ2) is 8.40. The molecule has 2 fully saturated rings. The van der Waals surface area contributed by atoms with Gasteiger partial charge in [0, 0.05) is 62.0 Å². The number of benzene rings is 1. The van der Waals surface area contributed by atoms with Crippen LogP contribution < -0.4 is 4.74 Å². The standard InChI is InChI=1S/C23H32N4O3/c1-17(2)22(29)26-13-20-12-25(14-23(20,15-26)16-28)10-18-5-6-21(30-3)19(9-18)11-27-8-4-7-24-27/h4-9,17,20,28H,10-16H2,1-3H3/t20-,23+/m0/s1.